The Hall–Kier alpha value is -2.54. The minimum absolute atomic E-state index is 0.00696. The Morgan fingerprint density at radius 3 is 1.81 bits per heavy atom. The van der Waals surface area contributed by atoms with Crippen LogP contribution in [0.15, 0.2) is 126 Å². The van der Waals surface area contributed by atoms with Crippen LogP contribution in [0.3, 0.4) is 0 Å². The lowest BCUT2D eigenvalue weighted by Crippen LogP contribution is -2.25. The van der Waals surface area contributed by atoms with E-state index in [0.717, 1.165) is 28.6 Å². The van der Waals surface area contributed by atoms with Gasteiger partial charge in [0.25, 0.3) is 0 Å². The molecule has 5 rings (SSSR count). The summed E-state index contributed by atoms with van der Waals surface area (Å²) >= 11 is 1.79. The third-order valence-electron chi connectivity index (χ3n) is 6.31. The standard InChI is InChI=1S/C28H25OPS/c29-30(25-17-9-3-10-18-25)27(23-13-5-1-6-14-23)21-22-28(30,24-15-7-2-8-16-24)31-26-19-11-4-12-20-26/h1-20,27H,21-22H2/t27-,28-,30?/m0/s1. The quantitative estimate of drug-likeness (QED) is 0.294. The monoisotopic (exact) mass is 440 g/mol. The fraction of sp³-hybridized carbons (Fsp3) is 0.143. The van der Waals surface area contributed by atoms with Crippen molar-refractivity contribution in [3.63, 3.8) is 0 Å². The zero-order valence-electron chi connectivity index (χ0n) is 17.3. The average Bonchev–Trinajstić information content (AvgIpc) is 3.15. The van der Waals surface area contributed by atoms with E-state index in [1.54, 1.807) is 11.8 Å². The van der Waals surface area contributed by atoms with Gasteiger partial charge in [0.15, 0.2) is 0 Å². The molecule has 0 aromatic heterocycles. The van der Waals surface area contributed by atoms with Crippen LogP contribution in [0, 0.1) is 0 Å². The predicted octanol–water partition coefficient (Wildman–Crippen LogP) is 7.86. The molecule has 0 aliphatic carbocycles. The minimum atomic E-state index is -2.92. The van der Waals surface area contributed by atoms with E-state index in [4.69, 9.17) is 0 Å². The molecular formula is C28H25OPS. The van der Waals surface area contributed by atoms with Gasteiger partial charge >= 0.3 is 0 Å². The molecule has 1 saturated heterocycles. The predicted molar refractivity (Wildman–Crippen MR) is 133 cm³/mol. The first kappa shape index (κ1) is 20.4. The summed E-state index contributed by atoms with van der Waals surface area (Å²) in [5, 5.41) is 0.980. The summed E-state index contributed by atoms with van der Waals surface area (Å²) in [6.07, 6.45) is 1.78. The molecule has 0 amide bonds. The summed E-state index contributed by atoms with van der Waals surface area (Å²) in [6.45, 7) is 0. The minimum Gasteiger partial charge on any atom is -0.316 e. The van der Waals surface area contributed by atoms with Gasteiger partial charge in [0, 0.05) is 15.9 Å². The van der Waals surface area contributed by atoms with Gasteiger partial charge < -0.3 is 4.57 Å². The molecule has 1 unspecified atom stereocenters. The lowest BCUT2D eigenvalue weighted by molar-refractivity contribution is 0.570. The molecule has 0 saturated carbocycles. The second-order valence-electron chi connectivity index (χ2n) is 8.02. The highest BCUT2D eigenvalue weighted by Crippen LogP contribution is 2.82. The summed E-state index contributed by atoms with van der Waals surface area (Å²) in [4.78, 5) is 1.16. The number of rotatable bonds is 5. The van der Waals surface area contributed by atoms with Crippen molar-refractivity contribution in [1.29, 1.82) is 0 Å². The molecule has 0 radical (unpaired) electrons. The van der Waals surface area contributed by atoms with Gasteiger partial charge in [-0.2, -0.15) is 0 Å². The van der Waals surface area contributed by atoms with Gasteiger partial charge in [-0.05, 0) is 36.1 Å². The van der Waals surface area contributed by atoms with Crippen molar-refractivity contribution in [1.82, 2.24) is 0 Å². The smallest absolute Gasteiger partial charge is 0.142 e. The SMILES string of the molecule is O=P1(c2ccccc2)[C@H](c2ccccc2)CC[C@]1(Sc1ccccc1)c1ccccc1. The summed E-state index contributed by atoms with van der Waals surface area (Å²) in [5.41, 5.74) is 2.35. The summed E-state index contributed by atoms with van der Waals surface area (Å²) in [7, 11) is -2.92. The first-order chi connectivity index (χ1) is 15.2. The van der Waals surface area contributed by atoms with Gasteiger partial charge in [-0.15, -0.1) is 11.8 Å². The molecule has 0 bridgehead atoms. The topological polar surface area (TPSA) is 17.1 Å². The van der Waals surface area contributed by atoms with Crippen LogP contribution in [0.4, 0.5) is 0 Å². The summed E-state index contributed by atoms with van der Waals surface area (Å²) in [5.74, 6) is 0. The van der Waals surface area contributed by atoms with Crippen LogP contribution in [0.2, 0.25) is 0 Å². The molecule has 31 heavy (non-hydrogen) atoms. The van der Waals surface area contributed by atoms with E-state index in [1.165, 1.54) is 5.56 Å². The highest BCUT2D eigenvalue weighted by atomic mass is 32.2. The average molecular weight is 441 g/mol. The van der Waals surface area contributed by atoms with Gasteiger partial charge in [-0.3, -0.25) is 0 Å². The second-order valence-corrected chi connectivity index (χ2v) is 12.9. The Labute approximate surface area is 188 Å². The molecule has 1 nitrogen and oxygen atoms in total. The zero-order chi connectivity index (χ0) is 21.2. The van der Waals surface area contributed by atoms with Crippen LogP contribution in [0.1, 0.15) is 29.6 Å². The van der Waals surface area contributed by atoms with E-state index in [2.05, 4.69) is 84.9 Å². The summed E-state index contributed by atoms with van der Waals surface area (Å²) < 4.78 is 15.1. The Kier molecular flexibility index (Phi) is 5.61. The van der Waals surface area contributed by atoms with E-state index in [-0.39, 0.29) is 5.66 Å². The molecule has 4 aromatic rings. The van der Waals surface area contributed by atoms with Gasteiger partial charge in [-0.1, -0.05) is 109 Å². The Morgan fingerprint density at radius 1 is 0.677 bits per heavy atom. The molecule has 1 aliphatic heterocycles. The Morgan fingerprint density at radius 2 is 1.19 bits per heavy atom. The van der Waals surface area contributed by atoms with Crippen LogP contribution < -0.4 is 5.30 Å². The highest BCUT2D eigenvalue weighted by molar-refractivity contribution is 8.08. The van der Waals surface area contributed by atoms with E-state index < -0.39 is 11.6 Å². The van der Waals surface area contributed by atoms with E-state index in [1.807, 2.05) is 36.4 Å². The number of hydrogen-bond acceptors (Lipinski definition) is 2. The first-order valence-electron chi connectivity index (χ1n) is 10.7. The summed E-state index contributed by atoms with van der Waals surface area (Å²) in [6, 6.07) is 41.7. The van der Waals surface area contributed by atoms with Gasteiger partial charge in [0.1, 0.15) is 11.6 Å². The fourth-order valence-corrected chi connectivity index (χ4v) is 11.6. The molecule has 1 fully saturated rings. The molecule has 0 spiro atoms. The van der Waals surface area contributed by atoms with Crippen molar-refractivity contribution in [3.8, 4) is 0 Å². The molecule has 4 aromatic carbocycles. The van der Waals surface area contributed by atoms with Crippen molar-refractivity contribution in [2.45, 2.75) is 27.9 Å². The molecule has 1 heterocycles. The van der Waals surface area contributed by atoms with Crippen LogP contribution in [-0.2, 0) is 9.05 Å². The molecule has 0 N–H and O–H groups in total. The maximum absolute atomic E-state index is 15.6. The molecule has 3 atom stereocenters. The lowest BCUT2D eigenvalue weighted by Gasteiger charge is -2.38. The van der Waals surface area contributed by atoms with Crippen molar-refractivity contribution < 1.29 is 4.57 Å². The first-order valence-corrected chi connectivity index (χ1v) is 13.3. The molecule has 154 valence electrons. The number of hydrogen-bond donors (Lipinski definition) is 0. The highest BCUT2D eigenvalue weighted by Gasteiger charge is 2.60. The van der Waals surface area contributed by atoms with Crippen molar-refractivity contribution in [2.24, 2.45) is 0 Å². The van der Waals surface area contributed by atoms with E-state index in [0.29, 0.717) is 0 Å². The fourth-order valence-electron chi connectivity index (χ4n) is 4.92. The largest absolute Gasteiger partial charge is 0.316 e. The Balaban J connectivity index is 1.77. The van der Waals surface area contributed by atoms with E-state index >= 15 is 4.57 Å². The van der Waals surface area contributed by atoms with Crippen LogP contribution in [0.25, 0.3) is 0 Å². The second kappa shape index (κ2) is 8.54. The van der Waals surface area contributed by atoms with Crippen molar-refractivity contribution in [3.05, 3.63) is 132 Å². The van der Waals surface area contributed by atoms with Crippen molar-refractivity contribution >= 4 is 24.2 Å². The maximum Gasteiger partial charge on any atom is 0.142 e. The number of benzene rings is 4. The lowest BCUT2D eigenvalue weighted by atomic mass is 10.0. The third-order valence-corrected chi connectivity index (χ3v) is 12.7. The van der Waals surface area contributed by atoms with Crippen LogP contribution in [0.5, 0.6) is 0 Å². The van der Waals surface area contributed by atoms with Gasteiger partial charge in [-0.25, -0.2) is 0 Å². The zero-order valence-corrected chi connectivity index (χ0v) is 19.0. The van der Waals surface area contributed by atoms with Gasteiger partial charge in [0.2, 0.25) is 0 Å². The maximum atomic E-state index is 15.6. The molecular weight excluding hydrogens is 415 g/mol. The number of thioether (sulfide) groups is 1. The van der Waals surface area contributed by atoms with E-state index in [9.17, 15) is 0 Å². The third kappa shape index (κ3) is 3.49. The van der Waals surface area contributed by atoms with Crippen LogP contribution in [-0.4, -0.2) is 0 Å². The normalized spacial score (nSPS) is 25.4. The molecule has 1 aliphatic rings. The van der Waals surface area contributed by atoms with Crippen LogP contribution >= 0.6 is 18.9 Å². The van der Waals surface area contributed by atoms with Gasteiger partial charge in [0.05, 0.1) is 0 Å². The molecule has 3 heteroatoms. The van der Waals surface area contributed by atoms with Crippen molar-refractivity contribution in [2.75, 3.05) is 0 Å². The Bertz CT molecular complexity index is 1180.